The third kappa shape index (κ3) is 4.20. The Bertz CT molecular complexity index is 1500. The van der Waals surface area contributed by atoms with Gasteiger partial charge in [-0.1, -0.05) is 60.3 Å². The molecule has 0 aliphatic carbocycles. The Labute approximate surface area is 204 Å². The number of aryl methyl sites for hydroxylation is 2. The smallest absolute Gasteiger partial charge is 0.340 e. The molecule has 5 rings (SSSR count). The minimum atomic E-state index is -0.435. The van der Waals surface area contributed by atoms with Crippen LogP contribution < -0.4 is 0 Å². The fourth-order valence-corrected chi connectivity index (χ4v) is 5.36. The summed E-state index contributed by atoms with van der Waals surface area (Å²) in [7, 11) is 1.38. The van der Waals surface area contributed by atoms with Crippen LogP contribution in [-0.4, -0.2) is 33.2 Å². The molecule has 3 aromatic heterocycles. The molecule has 7 nitrogen and oxygen atoms in total. The van der Waals surface area contributed by atoms with Crippen LogP contribution in [0.3, 0.4) is 0 Å². The molecule has 170 valence electrons. The van der Waals surface area contributed by atoms with Crippen LogP contribution in [0.25, 0.3) is 32.8 Å². The number of esters is 1. The number of pyridine rings is 1. The van der Waals surface area contributed by atoms with Gasteiger partial charge in [0.15, 0.2) is 0 Å². The average molecular weight is 489 g/mol. The number of hydrogen-bond acceptors (Lipinski definition) is 9. The van der Waals surface area contributed by atoms with E-state index in [1.165, 1.54) is 30.2 Å². The van der Waals surface area contributed by atoms with Gasteiger partial charge >= 0.3 is 5.97 Å². The third-order valence-corrected chi connectivity index (χ3v) is 7.15. The molecule has 0 N–H and O–H groups in total. The van der Waals surface area contributed by atoms with Gasteiger partial charge in [-0.2, -0.15) is 0 Å². The third-order valence-electron chi connectivity index (χ3n) is 5.26. The zero-order valence-corrected chi connectivity index (χ0v) is 20.4. The minimum absolute atomic E-state index is 0.359. The predicted molar refractivity (Wildman–Crippen MR) is 133 cm³/mol. The van der Waals surface area contributed by atoms with Crippen molar-refractivity contribution in [3.63, 3.8) is 0 Å². The van der Waals surface area contributed by atoms with Crippen LogP contribution >= 0.6 is 23.1 Å². The van der Waals surface area contributed by atoms with Crippen molar-refractivity contribution in [2.75, 3.05) is 7.11 Å². The number of thioether (sulfide) groups is 1. The quantitative estimate of drug-likeness (QED) is 0.209. The maximum atomic E-state index is 13.0. The molecule has 5 aromatic rings. The van der Waals surface area contributed by atoms with E-state index < -0.39 is 5.97 Å². The number of carbonyl (C=O) groups excluding carboxylic acids is 1. The first-order valence-corrected chi connectivity index (χ1v) is 12.3. The number of para-hydroxylation sites is 1. The fourth-order valence-electron chi connectivity index (χ4n) is 3.81. The van der Waals surface area contributed by atoms with Gasteiger partial charge in [0.25, 0.3) is 11.1 Å². The molecule has 34 heavy (non-hydrogen) atoms. The van der Waals surface area contributed by atoms with Crippen LogP contribution in [0.5, 0.6) is 0 Å². The molecule has 0 aliphatic heterocycles. The maximum Gasteiger partial charge on any atom is 0.340 e. The molecule has 0 bridgehead atoms. The summed E-state index contributed by atoms with van der Waals surface area (Å²) >= 11 is 2.85. The number of nitrogens with zero attached hydrogens (tertiary/aromatic N) is 4. The molecule has 0 amide bonds. The van der Waals surface area contributed by atoms with Gasteiger partial charge in [0.2, 0.25) is 0 Å². The number of fused-ring (bicyclic) bond motifs is 1. The highest BCUT2D eigenvalue weighted by Gasteiger charge is 2.24. The summed E-state index contributed by atoms with van der Waals surface area (Å²) in [6, 6.07) is 17.6. The summed E-state index contributed by atoms with van der Waals surface area (Å²) in [4.78, 5) is 23.1. The van der Waals surface area contributed by atoms with E-state index in [2.05, 4.69) is 15.2 Å². The highest BCUT2D eigenvalue weighted by Crippen LogP contribution is 2.36. The van der Waals surface area contributed by atoms with E-state index in [-0.39, 0.29) is 0 Å². The fraction of sp³-hybridized carbons (Fsp3) is 0.160. The first kappa shape index (κ1) is 22.2. The highest BCUT2D eigenvalue weighted by atomic mass is 32.2. The number of ether oxygens (including phenoxy) is 1. The monoisotopic (exact) mass is 488 g/mol. The van der Waals surface area contributed by atoms with Crippen LogP contribution in [0, 0.1) is 13.8 Å². The van der Waals surface area contributed by atoms with E-state index in [1.54, 1.807) is 0 Å². The number of aromatic nitrogens is 4. The SMILES string of the molecule is COC(=O)c1c(CSc2nnc(-c3sc(C)nc3C)o2)nc2ccccc2c1-c1ccccc1. The van der Waals surface area contributed by atoms with Gasteiger partial charge in [0, 0.05) is 16.7 Å². The van der Waals surface area contributed by atoms with Crippen LogP contribution in [0.4, 0.5) is 0 Å². The van der Waals surface area contributed by atoms with Crippen molar-refractivity contribution < 1.29 is 13.9 Å². The molecule has 3 heterocycles. The molecule has 0 saturated heterocycles. The normalized spacial score (nSPS) is 11.1. The lowest BCUT2D eigenvalue weighted by molar-refractivity contribution is 0.0600. The summed E-state index contributed by atoms with van der Waals surface area (Å²) in [6.07, 6.45) is 0. The second-order valence-corrected chi connectivity index (χ2v) is 9.62. The molecule has 0 radical (unpaired) electrons. The van der Waals surface area contributed by atoms with Gasteiger partial charge in [0.05, 0.1) is 34.6 Å². The minimum Gasteiger partial charge on any atom is -0.465 e. The lowest BCUT2D eigenvalue weighted by Gasteiger charge is -2.15. The topological polar surface area (TPSA) is 91.0 Å². The molecule has 0 atom stereocenters. The number of hydrogen-bond donors (Lipinski definition) is 0. The Hall–Kier alpha value is -3.56. The molecule has 0 spiro atoms. The predicted octanol–water partition coefficient (Wildman–Crippen LogP) is 6.10. The summed E-state index contributed by atoms with van der Waals surface area (Å²) in [5.74, 6) is 0.363. The Morgan fingerprint density at radius 2 is 1.79 bits per heavy atom. The molecule has 0 fully saturated rings. The first-order valence-electron chi connectivity index (χ1n) is 10.5. The standard InChI is InChI=1S/C25H20N4O3S2/c1-14-22(34-15(2)26-14)23-28-29-25(32-23)33-13-19-21(24(30)31-3)20(16-9-5-4-6-10-16)17-11-7-8-12-18(17)27-19/h4-12H,13H2,1-3H3. The van der Waals surface area contributed by atoms with Crippen LogP contribution in [0.2, 0.25) is 0 Å². The maximum absolute atomic E-state index is 13.0. The van der Waals surface area contributed by atoms with E-state index in [1.807, 2.05) is 68.4 Å². The van der Waals surface area contributed by atoms with Gasteiger partial charge in [-0.05, 0) is 25.5 Å². The van der Waals surface area contributed by atoms with Crippen molar-refractivity contribution in [1.82, 2.24) is 20.2 Å². The second-order valence-electron chi connectivity index (χ2n) is 7.49. The van der Waals surface area contributed by atoms with Crippen molar-refractivity contribution in [1.29, 1.82) is 0 Å². The van der Waals surface area contributed by atoms with Crippen molar-refractivity contribution >= 4 is 40.0 Å². The second kappa shape index (κ2) is 9.36. The van der Waals surface area contributed by atoms with Crippen LogP contribution in [0.15, 0.2) is 64.2 Å². The van der Waals surface area contributed by atoms with E-state index >= 15 is 0 Å². The zero-order valence-electron chi connectivity index (χ0n) is 18.7. The molecule has 2 aromatic carbocycles. The van der Waals surface area contributed by atoms with Gasteiger partial charge in [-0.25, -0.2) is 9.78 Å². The first-order chi connectivity index (χ1) is 16.5. The van der Waals surface area contributed by atoms with Crippen molar-refractivity contribution in [2.45, 2.75) is 24.8 Å². The summed E-state index contributed by atoms with van der Waals surface area (Å²) in [5.41, 5.74) is 4.41. The Morgan fingerprint density at radius 1 is 1.03 bits per heavy atom. The van der Waals surface area contributed by atoms with Crippen molar-refractivity contribution in [3.05, 3.63) is 76.6 Å². The van der Waals surface area contributed by atoms with Crippen molar-refractivity contribution in [3.8, 4) is 21.9 Å². The van der Waals surface area contributed by atoms with Gasteiger partial charge < -0.3 is 9.15 Å². The number of carbonyl (C=O) groups is 1. The summed E-state index contributed by atoms with van der Waals surface area (Å²) < 4.78 is 11.1. The molecular weight excluding hydrogens is 468 g/mol. The van der Waals surface area contributed by atoms with Crippen LogP contribution in [-0.2, 0) is 10.5 Å². The Balaban J connectivity index is 1.56. The molecule has 0 aliphatic rings. The van der Waals surface area contributed by atoms with Gasteiger partial charge in [-0.3, -0.25) is 4.98 Å². The lowest BCUT2D eigenvalue weighted by Crippen LogP contribution is -2.10. The summed E-state index contributed by atoms with van der Waals surface area (Å²) in [6.45, 7) is 3.86. The lowest BCUT2D eigenvalue weighted by atomic mass is 9.94. The largest absolute Gasteiger partial charge is 0.465 e. The molecular formula is C25H20N4O3S2. The molecule has 0 saturated carbocycles. The van der Waals surface area contributed by atoms with E-state index in [0.29, 0.717) is 28.1 Å². The van der Waals surface area contributed by atoms with E-state index in [4.69, 9.17) is 14.1 Å². The number of rotatable bonds is 6. The number of methoxy groups -OCH3 is 1. The summed E-state index contributed by atoms with van der Waals surface area (Å²) in [5, 5.41) is 10.6. The number of thiazole rings is 1. The Kier molecular flexibility index (Phi) is 6.12. The zero-order chi connectivity index (χ0) is 23.7. The van der Waals surface area contributed by atoms with Crippen molar-refractivity contribution in [2.24, 2.45) is 0 Å². The van der Waals surface area contributed by atoms with Crippen LogP contribution in [0.1, 0.15) is 26.8 Å². The molecule has 0 unspecified atom stereocenters. The number of benzene rings is 2. The van der Waals surface area contributed by atoms with Gasteiger partial charge in [0.1, 0.15) is 4.88 Å². The highest BCUT2D eigenvalue weighted by molar-refractivity contribution is 7.98. The van der Waals surface area contributed by atoms with E-state index in [0.717, 1.165) is 37.6 Å². The van der Waals surface area contributed by atoms with Gasteiger partial charge in [-0.15, -0.1) is 21.5 Å². The van der Waals surface area contributed by atoms with E-state index in [9.17, 15) is 4.79 Å². The molecule has 9 heteroatoms. The average Bonchev–Trinajstić information content (AvgIpc) is 3.47. The Morgan fingerprint density at radius 3 is 2.53 bits per heavy atom.